The second kappa shape index (κ2) is 12.0. The zero-order valence-corrected chi connectivity index (χ0v) is 19.9. The van der Waals surface area contributed by atoms with Crippen molar-refractivity contribution < 1.29 is 17.5 Å². The SMILES string of the molecule is CCOc1cccc(CNC(=NC)NCc2cc(F)ccc2CS(C)(=O)=O)c1.I. The quantitative estimate of drug-likeness (QED) is 0.308. The minimum atomic E-state index is -3.22. The maximum Gasteiger partial charge on any atom is 0.191 e. The number of halogens is 2. The molecular weight excluding hydrogens is 508 g/mol. The summed E-state index contributed by atoms with van der Waals surface area (Å²) in [6.45, 7) is 3.31. The third-order valence-corrected chi connectivity index (χ3v) is 4.76. The molecule has 2 rings (SSSR count). The lowest BCUT2D eigenvalue weighted by Gasteiger charge is -2.15. The first kappa shape index (κ1) is 25.2. The molecule has 6 nitrogen and oxygen atoms in total. The molecule has 9 heteroatoms. The molecule has 0 aliphatic heterocycles. The van der Waals surface area contributed by atoms with Crippen molar-refractivity contribution in [3.05, 3.63) is 65.0 Å². The van der Waals surface area contributed by atoms with Crippen molar-refractivity contribution in [2.45, 2.75) is 25.8 Å². The van der Waals surface area contributed by atoms with E-state index in [9.17, 15) is 12.8 Å². The van der Waals surface area contributed by atoms with Crippen molar-refractivity contribution in [1.82, 2.24) is 10.6 Å². The monoisotopic (exact) mass is 535 g/mol. The third kappa shape index (κ3) is 8.99. The summed E-state index contributed by atoms with van der Waals surface area (Å²) >= 11 is 0. The highest BCUT2D eigenvalue weighted by Gasteiger charge is 2.11. The number of hydrogen-bond donors (Lipinski definition) is 2. The average Bonchev–Trinajstić information content (AvgIpc) is 2.63. The number of nitrogens with one attached hydrogen (secondary N) is 2. The summed E-state index contributed by atoms with van der Waals surface area (Å²) in [4.78, 5) is 4.15. The molecule has 0 atom stereocenters. The van der Waals surface area contributed by atoms with Crippen LogP contribution in [0, 0.1) is 5.82 Å². The van der Waals surface area contributed by atoms with E-state index in [1.165, 1.54) is 18.2 Å². The minimum Gasteiger partial charge on any atom is -0.494 e. The van der Waals surface area contributed by atoms with Crippen LogP contribution in [0.4, 0.5) is 4.39 Å². The zero-order chi connectivity index (χ0) is 20.6. The highest BCUT2D eigenvalue weighted by atomic mass is 127. The molecule has 0 heterocycles. The predicted octanol–water partition coefficient (Wildman–Crippen LogP) is 3.25. The van der Waals surface area contributed by atoms with E-state index in [1.54, 1.807) is 7.05 Å². The Morgan fingerprint density at radius 3 is 2.48 bits per heavy atom. The van der Waals surface area contributed by atoms with Crippen LogP contribution in [0.3, 0.4) is 0 Å². The van der Waals surface area contributed by atoms with Gasteiger partial charge in [0.05, 0.1) is 12.4 Å². The Labute approximate surface area is 188 Å². The lowest BCUT2D eigenvalue weighted by molar-refractivity contribution is 0.340. The lowest BCUT2D eigenvalue weighted by atomic mass is 10.1. The zero-order valence-electron chi connectivity index (χ0n) is 16.7. The van der Waals surface area contributed by atoms with Crippen LogP contribution in [0.25, 0.3) is 0 Å². The summed E-state index contributed by atoms with van der Waals surface area (Å²) in [5, 5.41) is 6.27. The largest absolute Gasteiger partial charge is 0.494 e. The van der Waals surface area contributed by atoms with Gasteiger partial charge in [-0.2, -0.15) is 0 Å². The van der Waals surface area contributed by atoms with Crippen molar-refractivity contribution in [2.24, 2.45) is 4.99 Å². The highest BCUT2D eigenvalue weighted by Crippen LogP contribution is 2.15. The topological polar surface area (TPSA) is 79.8 Å². The van der Waals surface area contributed by atoms with Gasteiger partial charge >= 0.3 is 0 Å². The van der Waals surface area contributed by atoms with Gasteiger partial charge in [-0.05, 0) is 47.9 Å². The molecule has 2 N–H and O–H groups in total. The molecule has 0 fully saturated rings. The van der Waals surface area contributed by atoms with Crippen molar-refractivity contribution in [3.8, 4) is 5.75 Å². The number of aliphatic imine (C=N–C) groups is 1. The molecule has 0 radical (unpaired) electrons. The second-order valence-electron chi connectivity index (χ2n) is 6.34. The van der Waals surface area contributed by atoms with E-state index in [4.69, 9.17) is 4.74 Å². The minimum absolute atomic E-state index is 0. The Bertz CT molecular complexity index is 936. The molecule has 0 bridgehead atoms. The molecule has 29 heavy (non-hydrogen) atoms. The Balaban J connectivity index is 0.00000420. The average molecular weight is 535 g/mol. The van der Waals surface area contributed by atoms with Gasteiger partial charge in [0.15, 0.2) is 15.8 Å². The summed E-state index contributed by atoms with van der Waals surface area (Å²) in [5.41, 5.74) is 2.17. The molecule has 2 aromatic rings. The van der Waals surface area contributed by atoms with E-state index in [0.717, 1.165) is 17.6 Å². The van der Waals surface area contributed by atoms with Crippen LogP contribution in [0.1, 0.15) is 23.6 Å². The number of ether oxygens (including phenoxy) is 1. The number of guanidine groups is 1. The third-order valence-electron chi connectivity index (χ3n) is 3.93. The maximum absolute atomic E-state index is 13.6. The Hall–Kier alpha value is -1.88. The van der Waals surface area contributed by atoms with Crippen molar-refractivity contribution >= 4 is 39.8 Å². The smallest absolute Gasteiger partial charge is 0.191 e. The summed E-state index contributed by atoms with van der Waals surface area (Å²) in [6, 6.07) is 11.8. The number of benzene rings is 2. The van der Waals surface area contributed by atoms with Gasteiger partial charge in [-0.3, -0.25) is 4.99 Å². The normalized spacial score (nSPS) is 11.5. The molecular formula is C20H27FIN3O3S. The Morgan fingerprint density at radius 2 is 1.83 bits per heavy atom. The van der Waals surface area contributed by atoms with E-state index in [1.807, 2.05) is 31.2 Å². The first-order valence-electron chi connectivity index (χ1n) is 8.92. The van der Waals surface area contributed by atoms with Gasteiger partial charge < -0.3 is 15.4 Å². The van der Waals surface area contributed by atoms with E-state index < -0.39 is 15.7 Å². The number of rotatable bonds is 8. The van der Waals surface area contributed by atoms with Gasteiger partial charge in [-0.1, -0.05) is 18.2 Å². The molecule has 0 spiro atoms. The van der Waals surface area contributed by atoms with Crippen LogP contribution in [0.15, 0.2) is 47.5 Å². The molecule has 0 aliphatic rings. The highest BCUT2D eigenvalue weighted by molar-refractivity contribution is 14.0. The molecule has 0 aromatic heterocycles. The van der Waals surface area contributed by atoms with Gasteiger partial charge in [0.2, 0.25) is 0 Å². The van der Waals surface area contributed by atoms with Crippen LogP contribution in [-0.2, 0) is 28.7 Å². The molecule has 160 valence electrons. The van der Waals surface area contributed by atoms with Gasteiger partial charge in [-0.25, -0.2) is 12.8 Å². The van der Waals surface area contributed by atoms with Crippen LogP contribution in [-0.4, -0.2) is 34.3 Å². The Morgan fingerprint density at radius 1 is 1.10 bits per heavy atom. The summed E-state index contributed by atoms with van der Waals surface area (Å²) in [5.74, 6) is 0.775. The van der Waals surface area contributed by atoms with Gasteiger partial charge in [0.1, 0.15) is 11.6 Å². The summed E-state index contributed by atoms with van der Waals surface area (Å²) < 4.78 is 42.3. The predicted molar refractivity (Wildman–Crippen MR) is 125 cm³/mol. The standard InChI is InChI=1S/C20H26FN3O3S.HI/c1-4-27-19-7-5-6-15(10-19)12-23-20(22-2)24-13-17-11-18(21)9-8-16(17)14-28(3,25)26;/h5-11H,4,12-14H2,1-3H3,(H2,22,23,24);1H. The molecule has 0 saturated carbocycles. The van der Waals surface area contributed by atoms with E-state index in [-0.39, 0.29) is 36.3 Å². The Kier molecular flexibility index (Phi) is 10.4. The lowest BCUT2D eigenvalue weighted by Crippen LogP contribution is -2.36. The van der Waals surface area contributed by atoms with Gasteiger partial charge in [0.25, 0.3) is 0 Å². The second-order valence-corrected chi connectivity index (χ2v) is 8.48. The van der Waals surface area contributed by atoms with Crippen molar-refractivity contribution in [3.63, 3.8) is 0 Å². The summed E-state index contributed by atoms with van der Waals surface area (Å²) in [6.07, 6.45) is 1.16. The molecule has 0 unspecified atom stereocenters. The van der Waals surface area contributed by atoms with Crippen LogP contribution < -0.4 is 15.4 Å². The number of nitrogens with zero attached hydrogens (tertiary/aromatic N) is 1. The van der Waals surface area contributed by atoms with Crippen LogP contribution in [0.2, 0.25) is 0 Å². The van der Waals surface area contributed by atoms with E-state index >= 15 is 0 Å². The molecule has 0 amide bonds. The van der Waals surface area contributed by atoms with Crippen molar-refractivity contribution in [1.29, 1.82) is 0 Å². The summed E-state index contributed by atoms with van der Waals surface area (Å²) in [7, 11) is -1.59. The molecule has 0 aliphatic carbocycles. The molecule has 2 aromatic carbocycles. The van der Waals surface area contributed by atoms with Gasteiger partial charge in [-0.15, -0.1) is 24.0 Å². The first-order chi connectivity index (χ1) is 13.3. The maximum atomic E-state index is 13.6. The van der Waals surface area contributed by atoms with Crippen molar-refractivity contribution in [2.75, 3.05) is 19.9 Å². The fraction of sp³-hybridized carbons (Fsp3) is 0.350. The first-order valence-corrected chi connectivity index (χ1v) is 11.0. The van der Waals surface area contributed by atoms with Crippen LogP contribution >= 0.6 is 24.0 Å². The van der Waals surface area contributed by atoms with Crippen LogP contribution in [0.5, 0.6) is 5.75 Å². The number of hydrogen-bond acceptors (Lipinski definition) is 4. The molecule has 0 saturated heterocycles. The fourth-order valence-corrected chi connectivity index (χ4v) is 3.53. The van der Waals surface area contributed by atoms with E-state index in [0.29, 0.717) is 30.2 Å². The number of sulfone groups is 1. The van der Waals surface area contributed by atoms with E-state index in [2.05, 4.69) is 15.6 Å². The fourth-order valence-electron chi connectivity index (χ4n) is 2.68. The van der Waals surface area contributed by atoms with Gasteiger partial charge in [0, 0.05) is 26.4 Å².